The van der Waals surface area contributed by atoms with Gasteiger partial charge in [0.15, 0.2) is 5.75 Å². The van der Waals surface area contributed by atoms with Crippen molar-refractivity contribution >= 4 is 47.6 Å². The van der Waals surface area contributed by atoms with E-state index in [2.05, 4.69) is 53.2 Å². The Labute approximate surface area is 322 Å². The summed E-state index contributed by atoms with van der Waals surface area (Å²) in [5, 5.41) is 1.09. The minimum Gasteiger partial charge on any atom is -0.493 e. The smallest absolute Gasteiger partial charge is 0.246 e. The molecule has 5 aromatic rings. The van der Waals surface area contributed by atoms with Crippen LogP contribution in [0, 0.1) is 13.8 Å². The van der Waals surface area contributed by atoms with Gasteiger partial charge in [0.25, 0.3) is 0 Å². The predicted octanol–water partition coefficient (Wildman–Crippen LogP) is 9.78. The van der Waals surface area contributed by atoms with Gasteiger partial charge in [0.05, 0.1) is 17.8 Å². The summed E-state index contributed by atoms with van der Waals surface area (Å²) >= 11 is 12.8. The minimum atomic E-state index is -0.0120. The van der Waals surface area contributed by atoms with Gasteiger partial charge in [0.2, 0.25) is 11.8 Å². The molecular formula is C42H42Cl3N3O4. The van der Waals surface area contributed by atoms with E-state index in [4.69, 9.17) is 37.4 Å². The second-order valence-electron chi connectivity index (χ2n) is 12.6. The van der Waals surface area contributed by atoms with Crippen LogP contribution in [0.4, 0.5) is 0 Å². The molecule has 1 amide bonds. The SMILES string of the molecule is Cc1cccc(OCCc2ccc(CN3CCN(C(=O)C=Cc4cc(C)c(Oc5ccc(OCc6ccccc6Cl)cn5)c(Cl)c4)CC3)cc2)c1.Cl. The second-order valence-corrected chi connectivity index (χ2v) is 13.4. The molecule has 6 rings (SSSR count). The van der Waals surface area contributed by atoms with Gasteiger partial charge in [-0.05, 0) is 84.1 Å². The normalized spacial score (nSPS) is 13.1. The van der Waals surface area contributed by atoms with E-state index in [1.165, 1.54) is 16.7 Å². The standard InChI is InChI=1S/C42H41Cl2N3O4.ClH/c1-30-6-5-8-36(24-30)49-23-18-32-10-12-33(13-11-32)28-46-19-21-47(22-20-46)41(48)17-14-34-25-31(2)42(39(44)26-34)51-40-16-15-37(27-45-40)50-29-35-7-3-4-9-38(35)43;/h3-17,24-27H,18-23,28-29H2,1-2H3;1H. The quantitative estimate of drug-likeness (QED) is 0.112. The zero-order chi connectivity index (χ0) is 35.6. The van der Waals surface area contributed by atoms with Gasteiger partial charge in [-0.2, -0.15) is 0 Å². The molecular weight excluding hydrogens is 717 g/mol. The van der Waals surface area contributed by atoms with Crippen molar-refractivity contribution in [3.05, 3.63) is 153 Å². The monoisotopic (exact) mass is 757 g/mol. The summed E-state index contributed by atoms with van der Waals surface area (Å²) in [7, 11) is 0. The lowest BCUT2D eigenvalue weighted by Gasteiger charge is -2.34. The third-order valence-corrected chi connectivity index (χ3v) is 9.35. The summed E-state index contributed by atoms with van der Waals surface area (Å²) in [6.07, 6.45) is 5.88. The van der Waals surface area contributed by atoms with Crippen LogP contribution in [0.2, 0.25) is 10.0 Å². The highest BCUT2D eigenvalue weighted by molar-refractivity contribution is 6.32. The summed E-state index contributed by atoms with van der Waals surface area (Å²) in [5.74, 6) is 2.39. The highest BCUT2D eigenvalue weighted by atomic mass is 35.5. The molecule has 52 heavy (non-hydrogen) atoms. The Morgan fingerprint density at radius 1 is 0.808 bits per heavy atom. The van der Waals surface area contributed by atoms with E-state index in [0.717, 1.165) is 48.5 Å². The van der Waals surface area contributed by atoms with Gasteiger partial charge in [0, 0.05) is 61.9 Å². The van der Waals surface area contributed by atoms with E-state index in [1.54, 1.807) is 36.5 Å². The van der Waals surface area contributed by atoms with E-state index in [1.807, 2.05) is 54.3 Å². The summed E-state index contributed by atoms with van der Waals surface area (Å²) in [5.41, 5.74) is 6.26. The highest BCUT2D eigenvalue weighted by Gasteiger charge is 2.20. The van der Waals surface area contributed by atoms with Crippen molar-refractivity contribution in [2.45, 2.75) is 33.4 Å². The Balaban J connectivity index is 0.00000523. The fourth-order valence-electron chi connectivity index (χ4n) is 5.84. The molecule has 1 aromatic heterocycles. The zero-order valence-electron chi connectivity index (χ0n) is 29.3. The van der Waals surface area contributed by atoms with Gasteiger partial charge in [0.1, 0.15) is 18.1 Å². The number of hydrogen-bond donors (Lipinski definition) is 0. The van der Waals surface area contributed by atoms with Crippen molar-refractivity contribution in [2.24, 2.45) is 0 Å². The molecule has 0 unspecified atom stereocenters. The molecule has 0 saturated carbocycles. The summed E-state index contributed by atoms with van der Waals surface area (Å²) in [6.45, 7) is 8.84. The minimum absolute atomic E-state index is 0. The maximum Gasteiger partial charge on any atom is 0.246 e. The van der Waals surface area contributed by atoms with Gasteiger partial charge < -0.3 is 19.1 Å². The molecule has 0 atom stereocenters. The summed E-state index contributed by atoms with van der Waals surface area (Å²) < 4.78 is 17.7. The average molecular weight is 759 g/mol. The molecule has 1 fully saturated rings. The number of nitrogens with zero attached hydrogens (tertiary/aromatic N) is 3. The number of carbonyl (C=O) groups excluding carboxylic acids is 1. The van der Waals surface area contributed by atoms with Crippen LogP contribution in [0.15, 0.2) is 109 Å². The molecule has 1 aliphatic rings. The van der Waals surface area contributed by atoms with Crippen LogP contribution < -0.4 is 14.2 Å². The number of piperazine rings is 1. The molecule has 1 aliphatic heterocycles. The Morgan fingerprint density at radius 2 is 1.58 bits per heavy atom. The van der Waals surface area contributed by atoms with Crippen molar-refractivity contribution in [1.29, 1.82) is 0 Å². The summed E-state index contributed by atoms with van der Waals surface area (Å²) in [6, 6.07) is 31.7. The molecule has 0 spiro atoms. The number of hydrogen-bond acceptors (Lipinski definition) is 6. The first-order valence-electron chi connectivity index (χ1n) is 17.1. The number of aryl methyl sites for hydroxylation is 2. The Kier molecular flexibility index (Phi) is 14.0. The van der Waals surface area contributed by atoms with Crippen molar-refractivity contribution < 1.29 is 19.0 Å². The maximum absolute atomic E-state index is 13.0. The van der Waals surface area contributed by atoms with Crippen molar-refractivity contribution in [2.75, 3.05) is 32.8 Å². The van der Waals surface area contributed by atoms with Crippen molar-refractivity contribution in [3.63, 3.8) is 0 Å². The van der Waals surface area contributed by atoms with Gasteiger partial charge in [-0.15, -0.1) is 12.4 Å². The van der Waals surface area contributed by atoms with E-state index in [9.17, 15) is 4.79 Å². The Bertz CT molecular complexity index is 1940. The lowest BCUT2D eigenvalue weighted by Crippen LogP contribution is -2.47. The van der Waals surface area contributed by atoms with Gasteiger partial charge in [-0.1, -0.05) is 77.8 Å². The predicted molar refractivity (Wildman–Crippen MR) is 211 cm³/mol. The number of rotatable bonds is 13. The topological polar surface area (TPSA) is 64.1 Å². The molecule has 0 radical (unpaired) electrons. The number of aromatic nitrogens is 1. The van der Waals surface area contributed by atoms with Gasteiger partial charge in [-0.25, -0.2) is 4.98 Å². The van der Waals surface area contributed by atoms with Gasteiger partial charge in [-0.3, -0.25) is 9.69 Å². The number of pyridine rings is 1. The van der Waals surface area contributed by atoms with Crippen molar-refractivity contribution in [1.82, 2.24) is 14.8 Å². The molecule has 270 valence electrons. The van der Waals surface area contributed by atoms with Crippen LogP contribution in [0.25, 0.3) is 6.08 Å². The molecule has 1 saturated heterocycles. The molecule has 7 nitrogen and oxygen atoms in total. The molecule has 0 bridgehead atoms. The van der Waals surface area contributed by atoms with Crippen molar-refractivity contribution in [3.8, 4) is 23.1 Å². The first-order valence-corrected chi connectivity index (χ1v) is 17.8. The molecule has 2 heterocycles. The van der Waals surface area contributed by atoms with Crippen LogP contribution in [0.1, 0.15) is 33.4 Å². The van der Waals surface area contributed by atoms with Crippen LogP contribution in [-0.2, 0) is 24.4 Å². The van der Waals surface area contributed by atoms with E-state index in [0.29, 0.717) is 53.7 Å². The molecule has 0 aliphatic carbocycles. The van der Waals surface area contributed by atoms with E-state index >= 15 is 0 Å². The zero-order valence-corrected chi connectivity index (χ0v) is 31.6. The number of amides is 1. The van der Waals surface area contributed by atoms with E-state index < -0.39 is 0 Å². The fraction of sp³-hybridized carbons (Fsp3) is 0.238. The number of halogens is 3. The molecule has 4 aromatic carbocycles. The lowest BCUT2D eigenvalue weighted by atomic mass is 10.1. The Hall–Kier alpha value is -4.53. The summed E-state index contributed by atoms with van der Waals surface area (Å²) in [4.78, 5) is 21.7. The third kappa shape index (κ3) is 11.0. The lowest BCUT2D eigenvalue weighted by molar-refractivity contribution is -0.127. The Morgan fingerprint density at radius 3 is 2.29 bits per heavy atom. The van der Waals surface area contributed by atoms with Crippen LogP contribution in [0.3, 0.4) is 0 Å². The third-order valence-electron chi connectivity index (χ3n) is 8.70. The van der Waals surface area contributed by atoms with E-state index in [-0.39, 0.29) is 18.3 Å². The number of carbonyl (C=O) groups is 1. The average Bonchev–Trinajstić information content (AvgIpc) is 3.13. The molecule has 10 heteroatoms. The van der Waals surface area contributed by atoms with Crippen LogP contribution in [-0.4, -0.2) is 53.5 Å². The largest absolute Gasteiger partial charge is 0.493 e. The first-order chi connectivity index (χ1) is 24.8. The van der Waals surface area contributed by atoms with Crippen LogP contribution in [0.5, 0.6) is 23.1 Å². The fourth-order valence-corrected chi connectivity index (χ4v) is 6.34. The highest BCUT2D eigenvalue weighted by Crippen LogP contribution is 2.34. The van der Waals surface area contributed by atoms with Gasteiger partial charge >= 0.3 is 0 Å². The first kappa shape index (κ1) is 38.7. The molecule has 0 N–H and O–H groups in total. The maximum atomic E-state index is 13.0. The second kappa shape index (κ2) is 18.8. The van der Waals surface area contributed by atoms with Crippen LogP contribution >= 0.6 is 35.6 Å². The number of ether oxygens (including phenoxy) is 3. The number of benzene rings is 4.